The van der Waals surface area contributed by atoms with Crippen LogP contribution in [-0.2, 0) is 13.0 Å². The molecule has 0 spiro atoms. The summed E-state index contributed by atoms with van der Waals surface area (Å²) in [6.07, 6.45) is 12.1. The molecule has 32 heavy (non-hydrogen) atoms. The first kappa shape index (κ1) is 28.4. The van der Waals surface area contributed by atoms with Crippen LogP contribution in [0.25, 0.3) is 0 Å². The van der Waals surface area contributed by atoms with Crippen LogP contribution < -0.4 is 32.0 Å². The predicted molar refractivity (Wildman–Crippen MR) is 126 cm³/mol. The van der Waals surface area contributed by atoms with Gasteiger partial charge >= 0.3 is 0 Å². The van der Waals surface area contributed by atoms with Crippen LogP contribution in [0.5, 0.6) is 5.75 Å². The Morgan fingerprint density at radius 1 is 1.00 bits per heavy atom. The lowest BCUT2D eigenvalue weighted by molar-refractivity contribution is -0.698. The zero-order valence-electron chi connectivity index (χ0n) is 19.1. The van der Waals surface area contributed by atoms with E-state index in [4.69, 9.17) is 20.8 Å². The summed E-state index contributed by atoms with van der Waals surface area (Å²) in [5.74, 6) is 0.922. The summed E-state index contributed by atoms with van der Waals surface area (Å²) in [6, 6.07) is 7.28. The SMILES string of the molecule is Cc1c(CCO)sc[n+]1CCCCCCCCCCCOc1ccc(/C(N)=N/O)cc1.[Br-]. The Balaban J connectivity index is 0.00000512. The minimum Gasteiger partial charge on any atom is -1.00 e. The standard InChI is InChI=1S/C24H37N3O3S.BrH/c1-20-23(15-17-28)31-19-27(20)16-9-7-5-3-2-4-6-8-10-18-30-22-13-11-21(12-14-22)24(25)26-29;/h11-14,19,28H,2-10,15-18H2,1H3,(H2-,25,26,29);1H. The van der Waals surface area contributed by atoms with E-state index in [-0.39, 0.29) is 29.4 Å². The molecular formula is C24H38BrN3O3S. The van der Waals surface area contributed by atoms with E-state index >= 15 is 0 Å². The number of aryl methyl sites for hydroxylation is 1. The minimum absolute atomic E-state index is 0. The Hall–Kier alpha value is -1.64. The Morgan fingerprint density at radius 2 is 1.59 bits per heavy atom. The second kappa shape index (κ2) is 16.9. The van der Waals surface area contributed by atoms with E-state index in [1.54, 1.807) is 23.5 Å². The van der Waals surface area contributed by atoms with Crippen LogP contribution in [0, 0.1) is 6.92 Å². The van der Waals surface area contributed by atoms with Gasteiger partial charge in [0.2, 0.25) is 5.51 Å². The number of nitrogens with two attached hydrogens (primary N) is 1. The Kier molecular flexibility index (Phi) is 15.0. The number of aliphatic hydroxyl groups excluding tert-OH is 1. The molecule has 0 saturated carbocycles. The highest BCUT2D eigenvalue weighted by atomic mass is 79.9. The number of aromatic nitrogens is 1. The van der Waals surface area contributed by atoms with Crippen LogP contribution >= 0.6 is 11.3 Å². The quantitative estimate of drug-likeness (QED) is 0.0771. The van der Waals surface area contributed by atoms with Gasteiger partial charge in [0.05, 0.1) is 11.5 Å². The fourth-order valence-electron chi connectivity index (χ4n) is 3.60. The molecule has 0 saturated heterocycles. The molecule has 0 unspecified atom stereocenters. The number of oxime groups is 1. The second-order valence-electron chi connectivity index (χ2n) is 7.94. The van der Waals surface area contributed by atoms with Gasteiger partial charge in [0.1, 0.15) is 12.3 Å². The van der Waals surface area contributed by atoms with Crippen LogP contribution in [0.3, 0.4) is 0 Å². The van der Waals surface area contributed by atoms with Crippen LogP contribution in [0.2, 0.25) is 0 Å². The molecule has 1 aromatic carbocycles. The maximum atomic E-state index is 9.09. The molecular weight excluding hydrogens is 490 g/mol. The van der Waals surface area contributed by atoms with Crippen molar-refractivity contribution in [3.05, 3.63) is 45.9 Å². The monoisotopic (exact) mass is 527 g/mol. The number of nitrogens with zero attached hydrogens (tertiary/aromatic N) is 2. The summed E-state index contributed by atoms with van der Waals surface area (Å²) in [5, 5.41) is 20.7. The molecule has 1 heterocycles. The maximum absolute atomic E-state index is 9.09. The lowest BCUT2D eigenvalue weighted by Gasteiger charge is -2.07. The van der Waals surface area contributed by atoms with Crippen molar-refractivity contribution in [2.45, 2.75) is 77.7 Å². The van der Waals surface area contributed by atoms with Crippen molar-refractivity contribution in [3.63, 3.8) is 0 Å². The van der Waals surface area contributed by atoms with E-state index in [1.807, 2.05) is 12.1 Å². The van der Waals surface area contributed by atoms with Crippen LogP contribution in [0.1, 0.15) is 73.9 Å². The third-order valence-electron chi connectivity index (χ3n) is 5.57. The Bertz CT molecular complexity index is 781. The summed E-state index contributed by atoms with van der Waals surface area (Å²) in [4.78, 5) is 1.31. The van der Waals surface area contributed by atoms with Crippen molar-refractivity contribution >= 4 is 17.2 Å². The van der Waals surface area contributed by atoms with Crippen molar-refractivity contribution in [1.82, 2.24) is 0 Å². The molecule has 6 nitrogen and oxygen atoms in total. The molecule has 0 radical (unpaired) electrons. The minimum atomic E-state index is 0. The zero-order chi connectivity index (χ0) is 22.3. The molecule has 0 aliphatic heterocycles. The topological polar surface area (TPSA) is 92.0 Å². The summed E-state index contributed by atoms with van der Waals surface area (Å²) in [7, 11) is 0. The predicted octanol–water partition coefficient (Wildman–Crippen LogP) is 1.57. The first-order chi connectivity index (χ1) is 15.2. The highest BCUT2D eigenvalue weighted by molar-refractivity contribution is 7.09. The third kappa shape index (κ3) is 10.3. The average Bonchev–Trinajstić information content (AvgIpc) is 3.14. The van der Waals surface area contributed by atoms with Gasteiger partial charge in [0.15, 0.2) is 11.5 Å². The molecule has 0 amide bonds. The number of aliphatic hydroxyl groups is 1. The molecule has 0 aliphatic rings. The first-order valence-electron chi connectivity index (χ1n) is 11.4. The highest BCUT2D eigenvalue weighted by Crippen LogP contribution is 2.15. The largest absolute Gasteiger partial charge is 1.00 e. The Labute approximate surface area is 206 Å². The van der Waals surface area contributed by atoms with Gasteiger partial charge < -0.3 is 37.8 Å². The van der Waals surface area contributed by atoms with Gasteiger partial charge in [-0.25, -0.2) is 0 Å². The van der Waals surface area contributed by atoms with E-state index in [9.17, 15) is 0 Å². The van der Waals surface area contributed by atoms with Gasteiger partial charge in [-0.3, -0.25) is 0 Å². The molecule has 0 fully saturated rings. The number of hydrogen-bond acceptors (Lipinski definition) is 5. The fourth-order valence-corrected chi connectivity index (χ4v) is 4.62. The number of hydrogen-bond donors (Lipinski definition) is 3. The van der Waals surface area contributed by atoms with Gasteiger partial charge in [-0.15, -0.1) is 0 Å². The third-order valence-corrected chi connectivity index (χ3v) is 6.71. The maximum Gasteiger partial charge on any atom is 0.225 e. The van der Waals surface area contributed by atoms with Gasteiger partial charge in [-0.05, 0) is 37.1 Å². The number of rotatable bonds is 16. The smallest absolute Gasteiger partial charge is 0.225 e. The summed E-state index contributed by atoms with van der Waals surface area (Å²) in [5.41, 5.74) is 9.75. The van der Waals surface area contributed by atoms with Crippen molar-refractivity contribution in [3.8, 4) is 5.75 Å². The van der Waals surface area contributed by atoms with E-state index in [0.717, 1.165) is 31.7 Å². The molecule has 1 aromatic heterocycles. The van der Waals surface area contributed by atoms with Gasteiger partial charge in [-0.1, -0.05) is 55.0 Å². The zero-order valence-corrected chi connectivity index (χ0v) is 21.5. The van der Waals surface area contributed by atoms with Crippen molar-refractivity contribution in [2.75, 3.05) is 13.2 Å². The second-order valence-corrected chi connectivity index (χ2v) is 8.88. The molecule has 0 bridgehead atoms. The van der Waals surface area contributed by atoms with Crippen LogP contribution in [0.4, 0.5) is 0 Å². The van der Waals surface area contributed by atoms with Gasteiger partial charge in [0, 0.05) is 31.9 Å². The number of amidine groups is 1. The number of benzene rings is 1. The number of halogens is 1. The van der Waals surface area contributed by atoms with Crippen LogP contribution in [-0.4, -0.2) is 29.4 Å². The summed E-state index contributed by atoms with van der Waals surface area (Å²) < 4.78 is 8.09. The fraction of sp³-hybridized carbons (Fsp3) is 0.583. The summed E-state index contributed by atoms with van der Waals surface area (Å²) in [6.45, 7) is 4.22. The van der Waals surface area contributed by atoms with Crippen molar-refractivity contribution in [2.24, 2.45) is 10.9 Å². The molecule has 180 valence electrons. The van der Waals surface area contributed by atoms with Crippen LogP contribution in [0.15, 0.2) is 34.9 Å². The van der Waals surface area contributed by atoms with E-state index in [2.05, 4.69) is 22.2 Å². The normalized spacial score (nSPS) is 11.4. The molecule has 0 aliphatic carbocycles. The average molecular weight is 529 g/mol. The lowest BCUT2D eigenvalue weighted by atomic mass is 10.1. The van der Waals surface area contributed by atoms with E-state index < -0.39 is 0 Å². The van der Waals surface area contributed by atoms with Crippen molar-refractivity contribution < 1.29 is 36.6 Å². The summed E-state index contributed by atoms with van der Waals surface area (Å²) >= 11 is 1.76. The number of thiazole rings is 1. The van der Waals surface area contributed by atoms with Gasteiger partial charge in [-0.2, -0.15) is 4.57 Å². The van der Waals surface area contributed by atoms with Gasteiger partial charge in [0.25, 0.3) is 0 Å². The molecule has 2 rings (SSSR count). The molecule has 2 aromatic rings. The van der Waals surface area contributed by atoms with Crippen molar-refractivity contribution in [1.29, 1.82) is 0 Å². The highest BCUT2D eigenvalue weighted by Gasteiger charge is 2.13. The Morgan fingerprint density at radius 3 is 2.19 bits per heavy atom. The first-order valence-corrected chi connectivity index (χ1v) is 12.3. The lowest BCUT2D eigenvalue weighted by Crippen LogP contribution is -3.00. The molecule has 4 N–H and O–H groups in total. The number of ether oxygens (including phenoxy) is 1. The molecule has 0 atom stereocenters. The van der Waals surface area contributed by atoms with E-state index in [1.165, 1.54) is 61.9 Å². The molecule has 8 heteroatoms. The van der Waals surface area contributed by atoms with E-state index in [0.29, 0.717) is 5.56 Å². The number of unbranched alkanes of at least 4 members (excludes halogenated alkanes) is 8.